The molecule has 96 valence electrons. The fourth-order valence-electron chi connectivity index (χ4n) is 3.15. The predicted molar refractivity (Wildman–Crippen MR) is 66.7 cm³/mol. The number of hydrogen-bond acceptors (Lipinski definition) is 5. The molecule has 2 unspecified atom stereocenters. The lowest BCUT2D eigenvalue weighted by molar-refractivity contribution is -0.384. The standard InChI is InChI=1S/C11H13ClN4O2/c12-10-9(16(17)18)11(14-6-13-10)15-4-7-2-1-3-8(7)5-15/h6-8H,1-5H2. The van der Waals surface area contributed by atoms with Gasteiger partial charge in [-0.1, -0.05) is 18.0 Å². The van der Waals surface area contributed by atoms with Gasteiger partial charge in [0.25, 0.3) is 0 Å². The van der Waals surface area contributed by atoms with E-state index in [-0.39, 0.29) is 10.8 Å². The summed E-state index contributed by atoms with van der Waals surface area (Å²) in [5.74, 6) is 1.67. The minimum absolute atomic E-state index is 0.0814. The SMILES string of the molecule is O=[N+]([O-])c1c(Cl)ncnc1N1CC2CCCC2C1. The lowest BCUT2D eigenvalue weighted by Gasteiger charge is -2.17. The van der Waals surface area contributed by atoms with E-state index in [0.29, 0.717) is 17.7 Å². The summed E-state index contributed by atoms with van der Waals surface area (Å²) < 4.78 is 0. The van der Waals surface area contributed by atoms with Gasteiger partial charge in [-0.25, -0.2) is 9.97 Å². The van der Waals surface area contributed by atoms with Gasteiger partial charge in [0.15, 0.2) is 0 Å². The molecule has 2 fully saturated rings. The molecule has 0 spiro atoms. The molecule has 6 nitrogen and oxygen atoms in total. The van der Waals surface area contributed by atoms with E-state index < -0.39 is 4.92 Å². The Kier molecular flexibility index (Phi) is 2.81. The highest BCUT2D eigenvalue weighted by Gasteiger charge is 2.39. The zero-order chi connectivity index (χ0) is 12.7. The third-order valence-electron chi connectivity index (χ3n) is 3.97. The van der Waals surface area contributed by atoms with Crippen LogP contribution in [0.5, 0.6) is 0 Å². The van der Waals surface area contributed by atoms with Crippen LogP contribution < -0.4 is 4.90 Å². The highest BCUT2D eigenvalue weighted by atomic mass is 35.5. The maximum absolute atomic E-state index is 11.1. The molecule has 7 heteroatoms. The second kappa shape index (κ2) is 4.35. The van der Waals surface area contributed by atoms with Gasteiger partial charge in [0, 0.05) is 13.1 Å². The molecule has 2 aliphatic rings. The van der Waals surface area contributed by atoms with E-state index in [2.05, 4.69) is 9.97 Å². The van der Waals surface area contributed by atoms with Gasteiger partial charge >= 0.3 is 5.69 Å². The van der Waals surface area contributed by atoms with Crippen LogP contribution in [0.1, 0.15) is 19.3 Å². The fraction of sp³-hybridized carbons (Fsp3) is 0.636. The number of anilines is 1. The van der Waals surface area contributed by atoms with Crippen molar-refractivity contribution in [1.82, 2.24) is 9.97 Å². The molecule has 3 rings (SSSR count). The summed E-state index contributed by atoms with van der Waals surface area (Å²) in [7, 11) is 0. The minimum Gasteiger partial charge on any atom is -0.350 e. The fourth-order valence-corrected chi connectivity index (χ4v) is 3.34. The Morgan fingerprint density at radius 3 is 2.61 bits per heavy atom. The largest absolute Gasteiger partial charge is 0.350 e. The smallest absolute Gasteiger partial charge is 0.348 e. The molecule has 1 aliphatic heterocycles. The normalized spacial score (nSPS) is 26.4. The first-order valence-corrected chi connectivity index (χ1v) is 6.44. The molecule has 2 atom stereocenters. The predicted octanol–water partition coefficient (Wildman–Crippen LogP) is 2.27. The van der Waals surface area contributed by atoms with Gasteiger partial charge < -0.3 is 4.90 Å². The van der Waals surface area contributed by atoms with Gasteiger partial charge in [0.2, 0.25) is 11.0 Å². The quantitative estimate of drug-likeness (QED) is 0.467. The third-order valence-corrected chi connectivity index (χ3v) is 4.24. The summed E-state index contributed by atoms with van der Waals surface area (Å²) in [5.41, 5.74) is -0.167. The molecule has 0 aromatic carbocycles. The van der Waals surface area contributed by atoms with Crippen molar-refractivity contribution in [2.45, 2.75) is 19.3 Å². The molecule has 1 aromatic heterocycles. The van der Waals surface area contributed by atoms with Crippen molar-refractivity contribution in [3.63, 3.8) is 0 Å². The molecule has 0 bridgehead atoms. The van der Waals surface area contributed by atoms with Crippen molar-refractivity contribution < 1.29 is 4.92 Å². The number of aromatic nitrogens is 2. The van der Waals surface area contributed by atoms with E-state index in [1.807, 2.05) is 4.90 Å². The Labute approximate surface area is 109 Å². The van der Waals surface area contributed by atoms with E-state index >= 15 is 0 Å². The minimum atomic E-state index is -0.494. The number of fused-ring (bicyclic) bond motifs is 1. The van der Waals surface area contributed by atoms with Crippen LogP contribution in [0.4, 0.5) is 11.5 Å². The Hall–Kier alpha value is -1.43. The molecule has 1 aliphatic carbocycles. The summed E-state index contributed by atoms with van der Waals surface area (Å²) in [6.45, 7) is 1.69. The molecular formula is C11H13ClN4O2. The van der Waals surface area contributed by atoms with Crippen LogP contribution in [0.15, 0.2) is 6.33 Å². The molecule has 0 amide bonds. The van der Waals surface area contributed by atoms with E-state index in [4.69, 9.17) is 11.6 Å². The number of rotatable bonds is 2. The van der Waals surface area contributed by atoms with Crippen LogP contribution in [0.25, 0.3) is 0 Å². The highest BCUT2D eigenvalue weighted by molar-refractivity contribution is 6.31. The molecule has 0 radical (unpaired) electrons. The van der Waals surface area contributed by atoms with Crippen LogP contribution in [-0.4, -0.2) is 28.0 Å². The maximum Gasteiger partial charge on any atom is 0.348 e. The van der Waals surface area contributed by atoms with E-state index in [0.717, 1.165) is 13.1 Å². The van der Waals surface area contributed by atoms with Crippen molar-refractivity contribution in [2.24, 2.45) is 11.8 Å². The number of halogens is 1. The van der Waals surface area contributed by atoms with Crippen LogP contribution in [0.3, 0.4) is 0 Å². The average molecular weight is 269 g/mol. The van der Waals surface area contributed by atoms with Crippen molar-refractivity contribution in [3.8, 4) is 0 Å². The summed E-state index contributed by atoms with van der Waals surface area (Å²) in [6.07, 6.45) is 5.00. The molecule has 2 heterocycles. The van der Waals surface area contributed by atoms with Gasteiger partial charge in [0.05, 0.1) is 4.92 Å². The topological polar surface area (TPSA) is 72.2 Å². The number of hydrogen-bond donors (Lipinski definition) is 0. The lowest BCUT2D eigenvalue weighted by atomic mass is 10.0. The highest BCUT2D eigenvalue weighted by Crippen LogP contribution is 2.41. The second-order valence-corrected chi connectivity index (χ2v) is 5.31. The molecular weight excluding hydrogens is 256 g/mol. The van der Waals surface area contributed by atoms with Crippen molar-refractivity contribution in [2.75, 3.05) is 18.0 Å². The van der Waals surface area contributed by atoms with Crippen LogP contribution >= 0.6 is 11.6 Å². The second-order valence-electron chi connectivity index (χ2n) is 4.95. The van der Waals surface area contributed by atoms with Crippen molar-refractivity contribution in [3.05, 3.63) is 21.6 Å². The molecule has 0 N–H and O–H groups in total. The van der Waals surface area contributed by atoms with Crippen molar-refractivity contribution >= 4 is 23.1 Å². The zero-order valence-electron chi connectivity index (χ0n) is 9.75. The van der Waals surface area contributed by atoms with Gasteiger partial charge in [0.1, 0.15) is 6.33 Å². The first-order chi connectivity index (χ1) is 8.66. The van der Waals surface area contributed by atoms with Gasteiger partial charge in [-0.15, -0.1) is 0 Å². The Morgan fingerprint density at radius 2 is 2.00 bits per heavy atom. The molecule has 1 saturated carbocycles. The third kappa shape index (κ3) is 1.80. The van der Waals surface area contributed by atoms with Crippen LogP contribution in [-0.2, 0) is 0 Å². The maximum atomic E-state index is 11.1. The lowest BCUT2D eigenvalue weighted by Crippen LogP contribution is -2.23. The number of nitrogens with zero attached hydrogens (tertiary/aromatic N) is 4. The zero-order valence-corrected chi connectivity index (χ0v) is 10.5. The van der Waals surface area contributed by atoms with Gasteiger partial charge in [-0.05, 0) is 24.7 Å². The monoisotopic (exact) mass is 268 g/mol. The van der Waals surface area contributed by atoms with E-state index in [9.17, 15) is 10.1 Å². The Balaban J connectivity index is 1.93. The summed E-state index contributed by atoms with van der Waals surface area (Å²) in [6, 6.07) is 0. The number of nitro groups is 1. The first-order valence-electron chi connectivity index (χ1n) is 6.06. The van der Waals surface area contributed by atoms with Crippen LogP contribution in [0.2, 0.25) is 5.15 Å². The Bertz CT molecular complexity index is 484. The van der Waals surface area contributed by atoms with Crippen LogP contribution in [0, 0.1) is 22.0 Å². The summed E-state index contributed by atoms with van der Waals surface area (Å²) in [5, 5.41) is 11.0. The average Bonchev–Trinajstić information content (AvgIpc) is 2.87. The van der Waals surface area contributed by atoms with Crippen molar-refractivity contribution in [1.29, 1.82) is 0 Å². The van der Waals surface area contributed by atoms with E-state index in [1.165, 1.54) is 25.6 Å². The molecule has 1 aromatic rings. The van der Waals surface area contributed by atoms with Gasteiger partial charge in [-0.2, -0.15) is 0 Å². The summed E-state index contributed by atoms with van der Waals surface area (Å²) >= 11 is 5.80. The molecule has 18 heavy (non-hydrogen) atoms. The molecule has 1 saturated heterocycles. The summed E-state index contributed by atoms with van der Waals surface area (Å²) in [4.78, 5) is 20.3. The van der Waals surface area contributed by atoms with Gasteiger partial charge in [-0.3, -0.25) is 10.1 Å². The van der Waals surface area contributed by atoms with E-state index in [1.54, 1.807) is 0 Å². The first kappa shape index (κ1) is 11.6. The Morgan fingerprint density at radius 1 is 1.33 bits per heavy atom.